The second-order valence-corrected chi connectivity index (χ2v) is 6.10. The molecule has 23 heavy (non-hydrogen) atoms. The maximum atomic E-state index is 11.5. The molecule has 1 unspecified atom stereocenters. The zero-order valence-corrected chi connectivity index (χ0v) is 13.8. The van der Waals surface area contributed by atoms with Gasteiger partial charge in [0.05, 0.1) is 0 Å². The minimum absolute atomic E-state index is 0.274. The van der Waals surface area contributed by atoms with Crippen LogP contribution in [-0.2, 0) is 22.6 Å². The standard InChI is InChI=1S/C19H22N2O2/c1-13(22)23-19(21(2)3)15-9-16-11-20-12-18(16)17(10-15)14-7-5-4-6-8-14/h4-10,19-20H,11-12H2,1-3H3. The monoisotopic (exact) mass is 310 g/mol. The molecule has 0 fully saturated rings. The minimum Gasteiger partial charge on any atom is -0.442 e. The molecule has 2 aromatic carbocycles. The first-order valence-corrected chi connectivity index (χ1v) is 7.81. The quantitative estimate of drug-likeness (QED) is 0.696. The van der Waals surface area contributed by atoms with Crippen LogP contribution in [-0.4, -0.2) is 25.0 Å². The van der Waals surface area contributed by atoms with Gasteiger partial charge in [-0.1, -0.05) is 30.3 Å². The van der Waals surface area contributed by atoms with Crippen molar-refractivity contribution in [3.05, 3.63) is 59.2 Å². The summed E-state index contributed by atoms with van der Waals surface area (Å²) in [7, 11) is 3.84. The average Bonchev–Trinajstić information content (AvgIpc) is 3.00. The number of rotatable bonds is 4. The lowest BCUT2D eigenvalue weighted by atomic mass is 9.93. The normalized spacial score (nSPS) is 14.6. The van der Waals surface area contributed by atoms with E-state index in [1.165, 1.54) is 29.2 Å². The first kappa shape index (κ1) is 15.7. The SMILES string of the molecule is CC(=O)OC(c1cc2c(c(-c3ccccc3)c1)CNC2)N(C)C. The van der Waals surface area contributed by atoms with Crippen molar-refractivity contribution in [1.29, 1.82) is 0 Å². The fourth-order valence-corrected chi connectivity index (χ4v) is 3.09. The Balaban J connectivity index is 2.10. The lowest BCUT2D eigenvalue weighted by Gasteiger charge is -2.25. The Hall–Kier alpha value is -2.17. The van der Waals surface area contributed by atoms with Gasteiger partial charge in [0.25, 0.3) is 0 Å². The van der Waals surface area contributed by atoms with E-state index in [0.29, 0.717) is 0 Å². The van der Waals surface area contributed by atoms with Crippen LogP contribution >= 0.6 is 0 Å². The molecule has 0 aromatic heterocycles. The van der Waals surface area contributed by atoms with Crippen molar-refractivity contribution < 1.29 is 9.53 Å². The van der Waals surface area contributed by atoms with E-state index in [1.807, 2.05) is 37.2 Å². The molecule has 1 aliphatic rings. The number of fused-ring (bicyclic) bond motifs is 1. The molecular weight excluding hydrogens is 288 g/mol. The van der Waals surface area contributed by atoms with Gasteiger partial charge in [-0.2, -0.15) is 0 Å². The summed E-state index contributed by atoms with van der Waals surface area (Å²) in [5, 5.41) is 3.41. The summed E-state index contributed by atoms with van der Waals surface area (Å²) in [5.74, 6) is -0.274. The van der Waals surface area contributed by atoms with E-state index in [1.54, 1.807) is 0 Å². The lowest BCUT2D eigenvalue weighted by molar-refractivity contribution is -0.155. The van der Waals surface area contributed by atoms with Crippen LogP contribution in [0, 0.1) is 0 Å². The van der Waals surface area contributed by atoms with Crippen LogP contribution in [0.2, 0.25) is 0 Å². The molecule has 0 bridgehead atoms. The fraction of sp³-hybridized carbons (Fsp3) is 0.316. The number of nitrogens with zero attached hydrogens (tertiary/aromatic N) is 1. The summed E-state index contributed by atoms with van der Waals surface area (Å²) in [6.07, 6.45) is -0.374. The zero-order chi connectivity index (χ0) is 16.4. The average molecular weight is 310 g/mol. The summed E-state index contributed by atoms with van der Waals surface area (Å²) in [6.45, 7) is 3.17. The Morgan fingerprint density at radius 3 is 2.57 bits per heavy atom. The van der Waals surface area contributed by atoms with Gasteiger partial charge in [-0.15, -0.1) is 0 Å². The van der Waals surface area contributed by atoms with Crippen LogP contribution in [0.3, 0.4) is 0 Å². The number of carbonyl (C=O) groups is 1. The number of hydrogen-bond acceptors (Lipinski definition) is 4. The molecule has 4 heteroatoms. The van der Waals surface area contributed by atoms with E-state index in [2.05, 4.69) is 29.6 Å². The smallest absolute Gasteiger partial charge is 0.304 e. The molecule has 1 N–H and O–H groups in total. The number of benzene rings is 2. The summed E-state index contributed by atoms with van der Waals surface area (Å²) >= 11 is 0. The van der Waals surface area contributed by atoms with Gasteiger partial charge in [-0.3, -0.25) is 9.69 Å². The summed E-state index contributed by atoms with van der Waals surface area (Å²) in [6, 6.07) is 14.7. The van der Waals surface area contributed by atoms with Crippen LogP contribution in [0.5, 0.6) is 0 Å². The molecule has 1 atom stereocenters. The minimum atomic E-state index is -0.374. The Kier molecular flexibility index (Phi) is 4.46. The molecule has 1 heterocycles. The Labute approximate surface area is 137 Å². The van der Waals surface area contributed by atoms with Gasteiger partial charge in [0.15, 0.2) is 6.23 Å². The first-order valence-electron chi connectivity index (χ1n) is 7.81. The van der Waals surface area contributed by atoms with Gasteiger partial charge < -0.3 is 10.1 Å². The largest absolute Gasteiger partial charge is 0.442 e. The molecule has 120 valence electrons. The van der Waals surface area contributed by atoms with Crippen molar-refractivity contribution >= 4 is 5.97 Å². The highest BCUT2D eigenvalue weighted by Crippen LogP contribution is 2.34. The Morgan fingerprint density at radius 1 is 1.17 bits per heavy atom. The zero-order valence-electron chi connectivity index (χ0n) is 13.8. The van der Waals surface area contributed by atoms with Crippen LogP contribution in [0.4, 0.5) is 0 Å². The molecule has 4 nitrogen and oxygen atoms in total. The second-order valence-electron chi connectivity index (χ2n) is 6.10. The highest BCUT2D eigenvalue weighted by atomic mass is 16.6. The van der Waals surface area contributed by atoms with E-state index in [4.69, 9.17) is 4.74 Å². The van der Waals surface area contributed by atoms with Gasteiger partial charge in [-0.05, 0) is 48.5 Å². The third-order valence-corrected chi connectivity index (χ3v) is 4.10. The fourth-order valence-electron chi connectivity index (χ4n) is 3.09. The van der Waals surface area contributed by atoms with Gasteiger partial charge >= 0.3 is 5.97 Å². The maximum Gasteiger partial charge on any atom is 0.304 e. The molecule has 2 aromatic rings. The van der Waals surface area contributed by atoms with Gasteiger partial charge in [0.2, 0.25) is 0 Å². The molecule has 0 saturated heterocycles. The molecule has 3 rings (SSSR count). The number of hydrogen-bond donors (Lipinski definition) is 1. The molecule has 0 saturated carbocycles. The van der Waals surface area contributed by atoms with E-state index in [9.17, 15) is 4.79 Å². The molecule has 0 radical (unpaired) electrons. The topological polar surface area (TPSA) is 41.6 Å². The number of nitrogens with one attached hydrogen (secondary N) is 1. The van der Waals surface area contributed by atoms with E-state index in [-0.39, 0.29) is 12.2 Å². The van der Waals surface area contributed by atoms with Crippen molar-refractivity contribution in [3.63, 3.8) is 0 Å². The molecular formula is C19H22N2O2. The predicted molar refractivity (Wildman–Crippen MR) is 90.6 cm³/mol. The van der Waals surface area contributed by atoms with Crippen molar-refractivity contribution in [2.45, 2.75) is 26.2 Å². The summed E-state index contributed by atoms with van der Waals surface area (Å²) < 4.78 is 5.52. The van der Waals surface area contributed by atoms with Crippen LogP contribution in [0.15, 0.2) is 42.5 Å². The third-order valence-electron chi connectivity index (χ3n) is 4.10. The highest BCUT2D eigenvalue weighted by Gasteiger charge is 2.23. The predicted octanol–water partition coefficient (Wildman–Crippen LogP) is 3.08. The first-order chi connectivity index (χ1) is 11.1. The van der Waals surface area contributed by atoms with Gasteiger partial charge in [0, 0.05) is 25.6 Å². The van der Waals surface area contributed by atoms with Crippen molar-refractivity contribution in [2.24, 2.45) is 0 Å². The molecule has 0 amide bonds. The van der Waals surface area contributed by atoms with E-state index in [0.717, 1.165) is 18.7 Å². The highest BCUT2D eigenvalue weighted by molar-refractivity contribution is 5.71. The van der Waals surface area contributed by atoms with Crippen LogP contribution in [0.1, 0.15) is 29.8 Å². The molecule has 0 spiro atoms. The number of carbonyl (C=O) groups excluding carboxylic acids is 1. The summed E-state index contributed by atoms with van der Waals surface area (Å²) in [4.78, 5) is 13.4. The van der Waals surface area contributed by atoms with E-state index >= 15 is 0 Å². The van der Waals surface area contributed by atoms with Gasteiger partial charge in [-0.25, -0.2) is 0 Å². The van der Waals surface area contributed by atoms with Crippen molar-refractivity contribution in [3.8, 4) is 11.1 Å². The van der Waals surface area contributed by atoms with Crippen molar-refractivity contribution in [1.82, 2.24) is 10.2 Å². The molecule has 0 aliphatic carbocycles. The van der Waals surface area contributed by atoms with Crippen LogP contribution < -0.4 is 5.32 Å². The van der Waals surface area contributed by atoms with E-state index < -0.39 is 0 Å². The van der Waals surface area contributed by atoms with Crippen LogP contribution in [0.25, 0.3) is 11.1 Å². The maximum absolute atomic E-state index is 11.5. The van der Waals surface area contributed by atoms with Crippen molar-refractivity contribution in [2.75, 3.05) is 14.1 Å². The second kappa shape index (κ2) is 6.52. The number of ether oxygens (including phenoxy) is 1. The summed E-state index contributed by atoms with van der Waals surface area (Å²) in [5.41, 5.74) is 6.02. The van der Waals surface area contributed by atoms with Gasteiger partial charge in [0.1, 0.15) is 0 Å². The lowest BCUT2D eigenvalue weighted by Crippen LogP contribution is -2.24. The number of esters is 1. The Bertz CT molecular complexity index is 711. The Morgan fingerprint density at radius 2 is 1.91 bits per heavy atom. The molecule has 1 aliphatic heterocycles. The third kappa shape index (κ3) is 3.28.